The molecule has 0 spiro atoms. The number of hydrogen-bond acceptors (Lipinski definition) is 2. The molecule has 0 aromatic heterocycles. The average molecular weight is 472 g/mol. The number of guanidine groups is 1. The second-order valence-corrected chi connectivity index (χ2v) is 5.75. The molecule has 1 rings (SSSR count). The summed E-state index contributed by atoms with van der Waals surface area (Å²) in [5.41, 5.74) is 2.34. The standard InChI is InChI=1S/C17H27F3N4.HI/c1-4-21-16(23-12-15-9-6-5-8-14(15)2)22-10-7-11-24(3)13-17(18,19)20;/h5-6,8-9H,4,7,10-13H2,1-3H3,(H2,21,22,23);1H. The number of nitrogens with one attached hydrogen (secondary N) is 2. The lowest BCUT2D eigenvalue weighted by molar-refractivity contribution is -0.143. The molecule has 0 radical (unpaired) electrons. The van der Waals surface area contributed by atoms with Crippen LogP contribution in [0.2, 0.25) is 0 Å². The summed E-state index contributed by atoms with van der Waals surface area (Å²) < 4.78 is 36.8. The first kappa shape index (κ1) is 24.0. The van der Waals surface area contributed by atoms with Crippen LogP contribution in [0.3, 0.4) is 0 Å². The summed E-state index contributed by atoms with van der Waals surface area (Å²) in [7, 11) is 1.48. The fourth-order valence-electron chi connectivity index (χ4n) is 2.23. The van der Waals surface area contributed by atoms with Gasteiger partial charge in [0.15, 0.2) is 5.96 Å². The topological polar surface area (TPSA) is 39.7 Å². The van der Waals surface area contributed by atoms with Crippen molar-refractivity contribution in [2.45, 2.75) is 33.0 Å². The van der Waals surface area contributed by atoms with Crippen LogP contribution in [-0.4, -0.2) is 50.3 Å². The van der Waals surface area contributed by atoms with Crippen LogP contribution in [0.4, 0.5) is 13.2 Å². The highest BCUT2D eigenvalue weighted by Gasteiger charge is 2.28. The third-order valence-corrected chi connectivity index (χ3v) is 3.47. The first-order valence-corrected chi connectivity index (χ1v) is 8.14. The summed E-state index contributed by atoms with van der Waals surface area (Å²) in [4.78, 5) is 5.80. The normalized spacial score (nSPS) is 12.0. The lowest BCUT2D eigenvalue weighted by Crippen LogP contribution is -2.39. The Morgan fingerprint density at radius 3 is 2.48 bits per heavy atom. The van der Waals surface area contributed by atoms with Gasteiger partial charge in [-0.2, -0.15) is 13.2 Å². The monoisotopic (exact) mass is 472 g/mol. The van der Waals surface area contributed by atoms with Crippen LogP contribution in [0.15, 0.2) is 29.3 Å². The summed E-state index contributed by atoms with van der Waals surface area (Å²) in [6.45, 7) is 5.38. The smallest absolute Gasteiger partial charge is 0.357 e. The van der Waals surface area contributed by atoms with E-state index in [9.17, 15) is 13.2 Å². The zero-order valence-electron chi connectivity index (χ0n) is 15.0. The summed E-state index contributed by atoms with van der Waals surface area (Å²) in [6.07, 6.45) is -3.53. The molecule has 0 saturated carbocycles. The van der Waals surface area contributed by atoms with Crippen molar-refractivity contribution >= 4 is 29.9 Å². The molecule has 4 nitrogen and oxygen atoms in total. The number of nitrogens with zero attached hydrogens (tertiary/aromatic N) is 2. The molecule has 0 fully saturated rings. The van der Waals surface area contributed by atoms with Gasteiger partial charge in [-0.25, -0.2) is 4.99 Å². The van der Waals surface area contributed by atoms with Crippen molar-refractivity contribution in [3.05, 3.63) is 35.4 Å². The predicted molar refractivity (Wildman–Crippen MR) is 108 cm³/mol. The molecule has 0 heterocycles. The summed E-state index contributed by atoms with van der Waals surface area (Å²) in [5, 5.41) is 6.30. The van der Waals surface area contributed by atoms with E-state index in [1.54, 1.807) is 0 Å². The second-order valence-electron chi connectivity index (χ2n) is 5.75. The molecule has 1 aromatic rings. The maximum Gasteiger partial charge on any atom is 0.401 e. The molecule has 144 valence electrons. The maximum atomic E-state index is 12.3. The fraction of sp³-hybridized carbons (Fsp3) is 0.588. The van der Waals surface area contributed by atoms with Crippen molar-refractivity contribution in [2.75, 3.05) is 33.2 Å². The lowest BCUT2D eigenvalue weighted by atomic mass is 10.1. The van der Waals surface area contributed by atoms with E-state index >= 15 is 0 Å². The van der Waals surface area contributed by atoms with Crippen molar-refractivity contribution in [3.63, 3.8) is 0 Å². The van der Waals surface area contributed by atoms with Crippen LogP contribution in [-0.2, 0) is 6.54 Å². The van der Waals surface area contributed by atoms with Crippen LogP contribution in [0.5, 0.6) is 0 Å². The molecule has 25 heavy (non-hydrogen) atoms. The SMILES string of the molecule is CCNC(=NCc1ccccc1C)NCCCN(C)CC(F)(F)F.I. The molecule has 0 aliphatic rings. The molecule has 0 atom stereocenters. The molecule has 0 bridgehead atoms. The third-order valence-electron chi connectivity index (χ3n) is 3.47. The van der Waals surface area contributed by atoms with Gasteiger partial charge in [0.2, 0.25) is 0 Å². The van der Waals surface area contributed by atoms with Gasteiger partial charge in [-0.15, -0.1) is 24.0 Å². The number of aliphatic imine (C=N–C) groups is 1. The van der Waals surface area contributed by atoms with Gasteiger partial charge >= 0.3 is 6.18 Å². The molecule has 0 amide bonds. The Hall–Kier alpha value is -1.03. The Bertz CT molecular complexity index is 521. The Labute approximate surface area is 165 Å². The van der Waals surface area contributed by atoms with E-state index < -0.39 is 12.7 Å². The summed E-state index contributed by atoms with van der Waals surface area (Å²) in [6, 6.07) is 8.05. The Morgan fingerprint density at radius 1 is 1.20 bits per heavy atom. The number of hydrogen-bond donors (Lipinski definition) is 2. The van der Waals surface area contributed by atoms with Gasteiger partial charge in [0.25, 0.3) is 0 Å². The largest absolute Gasteiger partial charge is 0.401 e. The van der Waals surface area contributed by atoms with Crippen molar-refractivity contribution < 1.29 is 13.2 Å². The molecule has 1 aromatic carbocycles. The lowest BCUT2D eigenvalue weighted by Gasteiger charge is -2.19. The zero-order chi connectivity index (χ0) is 18.0. The quantitative estimate of drug-likeness (QED) is 0.263. The van der Waals surface area contributed by atoms with Crippen LogP contribution in [0.25, 0.3) is 0 Å². The van der Waals surface area contributed by atoms with E-state index in [2.05, 4.69) is 15.6 Å². The molecule has 0 aliphatic carbocycles. The molecule has 0 aliphatic heterocycles. The van der Waals surface area contributed by atoms with Gasteiger partial charge in [-0.3, -0.25) is 4.90 Å². The number of halogens is 4. The maximum absolute atomic E-state index is 12.3. The first-order valence-electron chi connectivity index (χ1n) is 8.14. The number of benzene rings is 1. The Kier molecular flexibility index (Phi) is 11.8. The molecular weight excluding hydrogens is 444 g/mol. The minimum absolute atomic E-state index is 0. The third kappa shape index (κ3) is 11.2. The highest BCUT2D eigenvalue weighted by atomic mass is 127. The zero-order valence-corrected chi connectivity index (χ0v) is 17.3. The summed E-state index contributed by atoms with van der Waals surface area (Å²) >= 11 is 0. The van der Waals surface area contributed by atoms with E-state index in [-0.39, 0.29) is 24.0 Å². The Balaban J connectivity index is 0.00000576. The van der Waals surface area contributed by atoms with Gasteiger partial charge in [-0.1, -0.05) is 24.3 Å². The molecular formula is C17H28F3IN4. The fourth-order valence-corrected chi connectivity index (χ4v) is 2.23. The van der Waals surface area contributed by atoms with Crippen LogP contribution in [0, 0.1) is 6.92 Å². The van der Waals surface area contributed by atoms with Crippen LogP contribution in [0.1, 0.15) is 24.5 Å². The van der Waals surface area contributed by atoms with Gasteiger partial charge in [0, 0.05) is 13.1 Å². The van der Waals surface area contributed by atoms with Gasteiger partial charge in [-0.05, 0) is 45.0 Å². The van der Waals surface area contributed by atoms with Crippen molar-refractivity contribution in [2.24, 2.45) is 4.99 Å². The molecule has 0 saturated heterocycles. The van der Waals surface area contributed by atoms with E-state index in [0.29, 0.717) is 32.0 Å². The predicted octanol–water partition coefficient (Wildman–Crippen LogP) is 3.55. The summed E-state index contributed by atoms with van der Waals surface area (Å²) in [5.74, 6) is 0.680. The van der Waals surface area contributed by atoms with E-state index in [0.717, 1.165) is 12.1 Å². The minimum Gasteiger partial charge on any atom is -0.357 e. The number of alkyl halides is 3. The van der Waals surface area contributed by atoms with Crippen molar-refractivity contribution in [1.82, 2.24) is 15.5 Å². The number of aryl methyl sites for hydroxylation is 1. The molecule has 2 N–H and O–H groups in total. The van der Waals surface area contributed by atoms with E-state index in [1.807, 2.05) is 38.1 Å². The van der Waals surface area contributed by atoms with E-state index in [4.69, 9.17) is 0 Å². The van der Waals surface area contributed by atoms with Crippen molar-refractivity contribution in [1.29, 1.82) is 0 Å². The van der Waals surface area contributed by atoms with Crippen LogP contribution < -0.4 is 10.6 Å². The highest BCUT2D eigenvalue weighted by Crippen LogP contribution is 2.15. The molecule has 0 unspecified atom stereocenters. The minimum atomic E-state index is -4.15. The molecule has 8 heteroatoms. The highest BCUT2D eigenvalue weighted by molar-refractivity contribution is 14.0. The number of rotatable bonds is 8. The van der Waals surface area contributed by atoms with E-state index in [1.165, 1.54) is 17.5 Å². The Morgan fingerprint density at radius 2 is 1.88 bits per heavy atom. The second kappa shape index (κ2) is 12.3. The van der Waals surface area contributed by atoms with Crippen molar-refractivity contribution in [3.8, 4) is 0 Å². The van der Waals surface area contributed by atoms with Crippen LogP contribution >= 0.6 is 24.0 Å². The van der Waals surface area contributed by atoms with Gasteiger partial charge in [0.1, 0.15) is 0 Å². The average Bonchev–Trinajstić information content (AvgIpc) is 2.48. The van der Waals surface area contributed by atoms with Gasteiger partial charge < -0.3 is 10.6 Å². The first-order chi connectivity index (χ1) is 11.3. The van der Waals surface area contributed by atoms with Gasteiger partial charge in [0.05, 0.1) is 13.1 Å².